The maximum absolute atomic E-state index is 11.1. The van der Waals surface area contributed by atoms with E-state index in [0.29, 0.717) is 13.1 Å². The zero-order valence-corrected chi connectivity index (χ0v) is 8.39. The largest absolute Gasteiger partial charge is 0.325 e. The standard InChI is InChI=1S/C7H16N2O2S/c1-7(8)3-5-9(6-4-7)12(2,10)11/h3-6,8H2,1-2H3. The fraction of sp³-hybridized carbons (Fsp3) is 1.00. The quantitative estimate of drug-likeness (QED) is 0.623. The Balaban J connectivity index is 2.59. The number of hydrogen-bond acceptors (Lipinski definition) is 3. The molecule has 4 nitrogen and oxygen atoms in total. The minimum atomic E-state index is -3.00. The summed E-state index contributed by atoms with van der Waals surface area (Å²) in [6.45, 7) is 3.09. The molecule has 0 aromatic carbocycles. The van der Waals surface area contributed by atoms with Crippen molar-refractivity contribution in [2.75, 3.05) is 19.3 Å². The van der Waals surface area contributed by atoms with Crippen molar-refractivity contribution in [2.24, 2.45) is 5.73 Å². The summed E-state index contributed by atoms with van der Waals surface area (Å²) in [6.07, 6.45) is 2.74. The van der Waals surface area contributed by atoms with Gasteiger partial charge in [0, 0.05) is 18.6 Å². The van der Waals surface area contributed by atoms with E-state index in [0.717, 1.165) is 12.8 Å². The Morgan fingerprint density at radius 2 is 1.75 bits per heavy atom. The van der Waals surface area contributed by atoms with Crippen LogP contribution in [0.25, 0.3) is 0 Å². The van der Waals surface area contributed by atoms with Gasteiger partial charge >= 0.3 is 0 Å². The van der Waals surface area contributed by atoms with E-state index >= 15 is 0 Å². The van der Waals surface area contributed by atoms with Gasteiger partial charge < -0.3 is 5.73 Å². The third-order valence-electron chi connectivity index (χ3n) is 2.33. The van der Waals surface area contributed by atoms with Crippen LogP contribution >= 0.6 is 0 Å². The first-order chi connectivity index (χ1) is 5.31. The maximum atomic E-state index is 11.1. The lowest BCUT2D eigenvalue weighted by Gasteiger charge is -2.35. The SMILES string of the molecule is CC1(N)CCN(S(C)(=O)=O)CC1. The molecule has 0 aliphatic carbocycles. The Hall–Kier alpha value is -0.130. The molecule has 1 rings (SSSR count). The van der Waals surface area contributed by atoms with Gasteiger partial charge in [-0.2, -0.15) is 0 Å². The van der Waals surface area contributed by atoms with Gasteiger partial charge in [-0.1, -0.05) is 0 Å². The smallest absolute Gasteiger partial charge is 0.211 e. The number of nitrogens with two attached hydrogens (primary N) is 1. The molecule has 1 aliphatic heterocycles. The van der Waals surface area contributed by atoms with Crippen molar-refractivity contribution < 1.29 is 8.42 Å². The number of nitrogens with zero attached hydrogens (tertiary/aromatic N) is 1. The van der Waals surface area contributed by atoms with Crippen molar-refractivity contribution in [2.45, 2.75) is 25.3 Å². The fourth-order valence-electron chi connectivity index (χ4n) is 1.33. The third-order valence-corrected chi connectivity index (χ3v) is 3.64. The van der Waals surface area contributed by atoms with Crippen LogP contribution in [-0.2, 0) is 10.0 Å². The minimum Gasteiger partial charge on any atom is -0.325 e. The highest BCUT2D eigenvalue weighted by Gasteiger charge is 2.29. The van der Waals surface area contributed by atoms with Gasteiger partial charge in [-0.25, -0.2) is 12.7 Å². The average molecular weight is 192 g/mol. The molecule has 2 N–H and O–H groups in total. The van der Waals surface area contributed by atoms with Gasteiger partial charge in [-0.15, -0.1) is 0 Å². The highest BCUT2D eigenvalue weighted by Crippen LogP contribution is 2.19. The van der Waals surface area contributed by atoms with Crippen molar-refractivity contribution in [1.29, 1.82) is 0 Å². The second-order valence-electron chi connectivity index (χ2n) is 3.82. The molecule has 72 valence electrons. The number of hydrogen-bond donors (Lipinski definition) is 1. The molecule has 0 atom stereocenters. The van der Waals surface area contributed by atoms with Crippen LogP contribution in [0.3, 0.4) is 0 Å². The predicted molar refractivity (Wildman–Crippen MR) is 48.2 cm³/mol. The van der Waals surface area contributed by atoms with Crippen LogP contribution in [0.15, 0.2) is 0 Å². The molecule has 0 aromatic rings. The molecule has 0 radical (unpaired) electrons. The molecule has 1 aliphatic rings. The predicted octanol–water partition coefficient (Wildman–Crippen LogP) is -0.241. The van der Waals surface area contributed by atoms with Crippen molar-refractivity contribution in [3.8, 4) is 0 Å². The average Bonchev–Trinajstić information content (AvgIpc) is 1.83. The van der Waals surface area contributed by atoms with Crippen molar-refractivity contribution in [3.05, 3.63) is 0 Å². The van der Waals surface area contributed by atoms with Crippen LogP contribution in [0.1, 0.15) is 19.8 Å². The van der Waals surface area contributed by atoms with Gasteiger partial charge in [0.1, 0.15) is 0 Å². The molecular weight excluding hydrogens is 176 g/mol. The first-order valence-electron chi connectivity index (χ1n) is 4.05. The summed E-state index contributed by atoms with van der Waals surface area (Å²) in [6, 6.07) is 0. The Bertz CT molecular complexity index is 249. The molecule has 0 spiro atoms. The molecule has 1 saturated heterocycles. The molecule has 0 unspecified atom stereocenters. The molecule has 1 fully saturated rings. The third kappa shape index (κ3) is 2.43. The van der Waals surface area contributed by atoms with Gasteiger partial charge in [0.25, 0.3) is 0 Å². The van der Waals surface area contributed by atoms with E-state index in [1.807, 2.05) is 6.92 Å². The van der Waals surface area contributed by atoms with Crippen molar-refractivity contribution in [1.82, 2.24) is 4.31 Å². The van der Waals surface area contributed by atoms with E-state index in [9.17, 15) is 8.42 Å². The zero-order chi connectivity index (χ0) is 9.41. The summed E-state index contributed by atoms with van der Waals surface area (Å²) in [5.74, 6) is 0. The van der Waals surface area contributed by atoms with Crippen LogP contribution in [0.2, 0.25) is 0 Å². The minimum absolute atomic E-state index is 0.179. The molecule has 0 bridgehead atoms. The lowest BCUT2D eigenvalue weighted by molar-refractivity contribution is 0.253. The molecule has 0 aromatic heterocycles. The molecule has 12 heavy (non-hydrogen) atoms. The molecule has 0 saturated carbocycles. The maximum Gasteiger partial charge on any atom is 0.211 e. The first kappa shape index (κ1) is 9.95. The fourth-order valence-corrected chi connectivity index (χ4v) is 2.17. The van der Waals surface area contributed by atoms with E-state index in [1.165, 1.54) is 10.6 Å². The van der Waals surface area contributed by atoms with E-state index in [2.05, 4.69) is 0 Å². The molecule has 0 amide bonds. The van der Waals surface area contributed by atoms with Crippen LogP contribution in [-0.4, -0.2) is 37.6 Å². The van der Waals surface area contributed by atoms with Crippen LogP contribution in [0.5, 0.6) is 0 Å². The summed E-state index contributed by atoms with van der Waals surface area (Å²) in [5.41, 5.74) is 5.68. The van der Waals surface area contributed by atoms with Gasteiger partial charge in [-0.3, -0.25) is 0 Å². The van der Waals surface area contributed by atoms with Gasteiger partial charge in [0.05, 0.1) is 6.26 Å². The van der Waals surface area contributed by atoms with E-state index in [1.54, 1.807) is 0 Å². The Morgan fingerprint density at radius 3 is 2.08 bits per heavy atom. The second kappa shape index (κ2) is 2.97. The number of sulfonamides is 1. The highest BCUT2D eigenvalue weighted by molar-refractivity contribution is 7.88. The van der Waals surface area contributed by atoms with Gasteiger partial charge in [0.2, 0.25) is 10.0 Å². The highest BCUT2D eigenvalue weighted by atomic mass is 32.2. The number of rotatable bonds is 1. The lowest BCUT2D eigenvalue weighted by Crippen LogP contribution is -2.49. The van der Waals surface area contributed by atoms with E-state index in [4.69, 9.17) is 5.73 Å². The molecule has 5 heteroatoms. The summed E-state index contributed by atoms with van der Waals surface area (Å²) in [5, 5.41) is 0. The normalized spacial score (nSPS) is 25.6. The monoisotopic (exact) mass is 192 g/mol. The summed E-state index contributed by atoms with van der Waals surface area (Å²) < 4.78 is 23.7. The topological polar surface area (TPSA) is 63.4 Å². The van der Waals surface area contributed by atoms with Gasteiger partial charge in [0.15, 0.2) is 0 Å². The summed E-state index contributed by atoms with van der Waals surface area (Å²) >= 11 is 0. The molecular formula is C7H16N2O2S. The Kier molecular flexibility index (Phi) is 2.47. The van der Waals surface area contributed by atoms with Crippen LogP contribution in [0.4, 0.5) is 0 Å². The zero-order valence-electron chi connectivity index (χ0n) is 7.58. The summed E-state index contributed by atoms with van der Waals surface area (Å²) in [4.78, 5) is 0. The van der Waals surface area contributed by atoms with Crippen molar-refractivity contribution >= 4 is 10.0 Å². The Labute approximate surface area is 73.8 Å². The molecule has 1 heterocycles. The van der Waals surface area contributed by atoms with E-state index in [-0.39, 0.29) is 5.54 Å². The Morgan fingerprint density at radius 1 is 1.33 bits per heavy atom. The summed E-state index contributed by atoms with van der Waals surface area (Å²) in [7, 11) is -3.00. The second-order valence-corrected chi connectivity index (χ2v) is 5.80. The first-order valence-corrected chi connectivity index (χ1v) is 5.90. The lowest BCUT2D eigenvalue weighted by atomic mass is 9.92. The van der Waals surface area contributed by atoms with Crippen LogP contribution < -0.4 is 5.73 Å². The van der Waals surface area contributed by atoms with Crippen molar-refractivity contribution in [3.63, 3.8) is 0 Å². The number of piperidine rings is 1. The van der Waals surface area contributed by atoms with Gasteiger partial charge in [-0.05, 0) is 19.8 Å². The van der Waals surface area contributed by atoms with E-state index < -0.39 is 10.0 Å². The van der Waals surface area contributed by atoms with Crippen LogP contribution in [0, 0.1) is 0 Å².